The van der Waals surface area contributed by atoms with Crippen LogP contribution >= 0.6 is 0 Å². The Morgan fingerprint density at radius 1 is 0.944 bits per heavy atom. The van der Waals surface area contributed by atoms with E-state index in [9.17, 15) is 0 Å². The summed E-state index contributed by atoms with van der Waals surface area (Å²) in [6, 6.07) is 19.6. The fraction of sp³-hybridized carbons (Fsp3) is 0.294. The molecule has 1 nitrogen and oxygen atoms in total. The molecule has 1 unspecified atom stereocenters. The van der Waals surface area contributed by atoms with Crippen molar-refractivity contribution < 1.29 is 0 Å². The minimum Gasteiger partial charge on any atom is -0.367 e. The van der Waals surface area contributed by atoms with Crippen molar-refractivity contribution in [1.29, 1.82) is 0 Å². The van der Waals surface area contributed by atoms with E-state index in [1.54, 1.807) is 0 Å². The van der Waals surface area contributed by atoms with Crippen LogP contribution in [0.3, 0.4) is 0 Å². The lowest BCUT2D eigenvalue weighted by molar-refractivity contribution is 0.678. The first-order valence-electron chi connectivity index (χ1n) is 6.72. The molecule has 0 saturated carbocycles. The summed E-state index contributed by atoms with van der Waals surface area (Å²) in [5.74, 6) is 0.662. The molecule has 3 rings (SSSR count). The highest BCUT2D eigenvalue weighted by atomic mass is 15.1. The van der Waals surface area contributed by atoms with Crippen LogP contribution in [0.4, 0.5) is 5.69 Å². The molecule has 0 bridgehead atoms. The van der Waals surface area contributed by atoms with Gasteiger partial charge >= 0.3 is 0 Å². The van der Waals surface area contributed by atoms with Crippen molar-refractivity contribution in [2.45, 2.75) is 25.8 Å². The van der Waals surface area contributed by atoms with E-state index in [4.69, 9.17) is 0 Å². The summed E-state index contributed by atoms with van der Waals surface area (Å²) in [7, 11) is 0. The third-order valence-electron chi connectivity index (χ3n) is 3.90. The molecule has 0 aromatic heterocycles. The van der Waals surface area contributed by atoms with E-state index >= 15 is 0 Å². The SMILES string of the molecule is CC1CCN(c2ccccc2)Cc2ccccc21. The Hall–Kier alpha value is -1.76. The molecule has 2 aromatic rings. The molecule has 2 aromatic carbocycles. The first-order valence-corrected chi connectivity index (χ1v) is 6.72. The van der Waals surface area contributed by atoms with Gasteiger partial charge in [-0.3, -0.25) is 0 Å². The van der Waals surface area contributed by atoms with Crippen LogP contribution in [0.1, 0.15) is 30.4 Å². The molecule has 0 amide bonds. The van der Waals surface area contributed by atoms with Gasteiger partial charge in [-0.1, -0.05) is 49.4 Å². The number of anilines is 1. The zero-order valence-corrected chi connectivity index (χ0v) is 10.8. The second-order valence-corrected chi connectivity index (χ2v) is 5.15. The first kappa shape index (κ1) is 11.3. The number of fused-ring (bicyclic) bond motifs is 1. The van der Waals surface area contributed by atoms with Gasteiger partial charge in [0.2, 0.25) is 0 Å². The molecule has 1 heterocycles. The maximum Gasteiger partial charge on any atom is 0.0432 e. The Balaban J connectivity index is 1.94. The van der Waals surface area contributed by atoms with Gasteiger partial charge in [-0.05, 0) is 35.6 Å². The van der Waals surface area contributed by atoms with Crippen LogP contribution in [0.15, 0.2) is 54.6 Å². The number of hydrogen-bond acceptors (Lipinski definition) is 1. The Bertz CT molecular complexity index is 518. The van der Waals surface area contributed by atoms with Gasteiger partial charge in [0.05, 0.1) is 0 Å². The monoisotopic (exact) mass is 237 g/mol. The van der Waals surface area contributed by atoms with Crippen LogP contribution < -0.4 is 4.90 Å². The highest BCUT2D eigenvalue weighted by Gasteiger charge is 2.18. The normalized spacial score (nSPS) is 19.2. The zero-order chi connectivity index (χ0) is 12.4. The second kappa shape index (κ2) is 4.85. The molecule has 1 aliphatic heterocycles. The van der Waals surface area contributed by atoms with Gasteiger partial charge in [0.1, 0.15) is 0 Å². The summed E-state index contributed by atoms with van der Waals surface area (Å²) in [4.78, 5) is 2.49. The summed E-state index contributed by atoms with van der Waals surface area (Å²) in [6.07, 6.45) is 1.23. The molecule has 0 saturated heterocycles. The fourth-order valence-electron chi connectivity index (χ4n) is 2.81. The summed E-state index contributed by atoms with van der Waals surface area (Å²) in [5.41, 5.74) is 4.34. The second-order valence-electron chi connectivity index (χ2n) is 5.15. The Labute approximate surface area is 109 Å². The van der Waals surface area contributed by atoms with Crippen LogP contribution in [-0.2, 0) is 6.54 Å². The molecular formula is C17H19N. The van der Waals surface area contributed by atoms with Crippen LogP contribution in [0.25, 0.3) is 0 Å². The van der Waals surface area contributed by atoms with Crippen molar-refractivity contribution in [3.05, 3.63) is 65.7 Å². The Morgan fingerprint density at radius 2 is 1.67 bits per heavy atom. The van der Waals surface area contributed by atoms with Crippen LogP contribution in [0.5, 0.6) is 0 Å². The van der Waals surface area contributed by atoms with Gasteiger partial charge < -0.3 is 4.90 Å². The van der Waals surface area contributed by atoms with Crippen molar-refractivity contribution >= 4 is 5.69 Å². The third kappa shape index (κ3) is 2.13. The maximum atomic E-state index is 2.49. The average molecular weight is 237 g/mol. The lowest BCUT2D eigenvalue weighted by Crippen LogP contribution is -2.22. The molecule has 92 valence electrons. The Kier molecular flexibility index (Phi) is 3.06. The van der Waals surface area contributed by atoms with Crippen LogP contribution in [0.2, 0.25) is 0 Å². The van der Waals surface area contributed by atoms with Crippen LogP contribution in [-0.4, -0.2) is 6.54 Å². The molecule has 0 N–H and O–H groups in total. The molecule has 0 spiro atoms. The number of rotatable bonds is 1. The summed E-state index contributed by atoms with van der Waals surface area (Å²) in [6.45, 7) is 4.51. The minimum atomic E-state index is 0.662. The summed E-state index contributed by atoms with van der Waals surface area (Å²) < 4.78 is 0. The van der Waals surface area contributed by atoms with Gasteiger partial charge in [0.25, 0.3) is 0 Å². The van der Waals surface area contributed by atoms with Crippen molar-refractivity contribution in [3.8, 4) is 0 Å². The van der Waals surface area contributed by atoms with Crippen molar-refractivity contribution in [3.63, 3.8) is 0 Å². The quantitative estimate of drug-likeness (QED) is 0.718. The largest absolute Gasteiger partial charge is 0.367 e. The summed E-state index contributed by atoms with van der Waals surface area (Å²) >= 11 is 0. The highest BCUT2D eigenvalue weighted by Crippen LogP contribution is 2.30. The van der Waals surface area contributed by atoms with Crippen molar-refractivity contribution in [2.24, 2.45) is 0 Å². The number of benzene rings is 2. The third-order valence-corrected chi connectivity index (χ3v) is 3.90. The topological polar surface area (TPSA) is 3.24 Å². The zero-order valence-electron chi connectivity index (χ0n) is 10.8. The van der Waals surface area contributed by atoms with E-state index < -0.39 is 0 Å². The molecule has 18 heavy (non-hydrogen) atoms. The molecule has 1 aliphatic rings. The van der Waals surface area contributed by atoms with E-state index in [1.807, 2.05) is 0 Å². The summed E-state index contributed by atoms with van der Waals surface area (Å²) in [5, 5.41) is 0. The smallest absolute Gasteiger partial charge is 0.0432 e. The van der Waals surface area contributed by atoms with Gasteiger partial charge in [0.15, 0.2) is 0 Å². The maximum absolute atomic E-state index is 2.49. The lowest BCUT2D eigenvalue weighted by atomic mass is 9.95. The standard InChI is InChI=1S/C17H19N/c1-14-11-12-18(16-8-3-2-4-9-16)13-15-7-5-6-10-17(14)15/h2-10,14H,11-13H2,1H3. The van der Waals surface area contributed by atoms with E-state index in [0.717, 1.165) is 13.1 Å². The minimum absolute atomic E-state index is 0.662. The average Bonchev–Trinajstić information content (AvgIpc) is 2.60. The van der Waals surface area contributed by atoms with Crippen molar-refractivity contribution in [2.75, 3.05) is 11.4 Å². The highest BCUT2D eigenvalue weighted by molar-refractivity contribution is 5.48. The van der Waals surface area contributed by atoms with Gasteiger partial charge in [-0.25, -0.2) is 0 Å². The van der Waals surface area contributed by atoms with E-state index in [0.29, 0.717) is 5.92 Å². The molecule has 1 heteroatoms. The van der Waals surface area contributed by atoms with Crippen molar-refractivity contribution in [1.82, 2.24) is 0 Å². The van der Waals surface area contributed by atoms with Crippen LogP contribution in [0, 0.1) is 0 Å². The van der Waals surface area contributed by atoms with Gasteiger partial charge in [-0.15, -0.1) is 0 Å². The van der Waals surface area contributed by atoms with Gasteiger partial charge in [0, 0.05) is 18.8 Å². The number of para-hydroxylation sites is 1. The molecule has 0 radical (unpaired) electrons. The predicted molar refractivity (Wildman–Crippen MR) is 77.0 cm³/mol. The molecule has 1 atom stereocenters. The molecular weight excluding hydrogens is 218 g/mol. The molecule has 0 fully saturated rings. The Morgan fingerprint density at radius 3 is 2.50 bits per heavy atom. The first-order chi connectivity index (χ1) is 8.84. The number of nitrogens with zero attached hydrogens (tertiary/aromatic N) is 1. The van der Waals surface area contributed by atoms with E-state index in [2.05, 4.69) is 66.4 Å². The lowest BCUT2D eigenvalue weighted by Gasteiger charge is -2.23. The van der Waals surface area contributed by atoms with Gasteiger partial charge in [-0.2, -0.15) is 0 Å². The van der Waals surface area contributed by atoms with E-state index in [1.165, 1.54) is 23.2 Å². The predicted octanol–water partition coefficient (Wildman–Crippen LogP) is 4.20. The fourth-order valence-corrected chi connectivity index (χ4v) is 2.81. The van der Waals surface area contributed by atoms with E-state index in [-0.39, 0.29) is 0 Å². The molecule has 0 aliphatic carbocycles. The number of hydrogen-bond donors (Lipinski definition) is 0.